The lowest BCUT2D eigenvalue weighted by atomic mass is 10.1. The van der Waals surface area contributed by atoms with Gasteiger partial charge in [-0.05, 0) is 12.3 Å². The normalized spacial score (nSPS) is 19.4. The second-order valence-corrected chi connectivity index (χ2v) is 5.10. The molecule has 2 heterocycles. The van der Waals surface area contributed by atoms with Gasteiger partial charge in [-0.25, -0.2) is 4.98 Å². The molecular formula is C11H17N3O2S. The third kappa shape index (κ3) is 3.98. The number of thiazole rings is 1. The van der Waals surface area contributed by atoms with Crippen molar-refractivity contribution in [1.82, 2.24) is 10.3 Å². The number of aromatic nitrogens is 1. The third-order valence-corrected chi connectivity index (χ3v) is 3.49. The highest BCUT2D eigenvalue weighted by molar-refractivity contribution is 7.13. The van der Waals surface area contributed by atoms with Crippen molar-refractivity contribution < 1.29 is 9.53 Å². The Morgan fingerprint density at radius 3 is 3.24 bits per heavy atom. The van der Waals surface area contributed by atoms with Crippen LogP contribution < -0.4 is 11.1 Å². The molecule has 0 unspecified atom stereocenters. The van der Waals surface area contributed by atoms with Crippen LogP contribution in [-0.2, 0) is 16.0 Å². The number of carbonyl (C=O) groups excluding carboxylic acids is 1. The van der Waals surface area contributed by atoms with Crippen molar-refractivity contribution in [2.45, 2.75) is 19.3 Å². The molecule has 2 rings (SSSR count). The van der Waals surface area contributed by atoms with Crippen LogP contribution in [0.2, 0.25) is 0 Å². The highest BCUT2D eigenvalue weighted by Gasteiger charge is 2.18. The van der Waals surface area contributed by atoms with Gasteiger partial charge in [0.05, 0.1) is 5.69 Å². The zero-order valence-electron chi connectivity index (χ0n) is 9.65. The highest BCUT2D eigenvalue weighted by atomic mass is 32.1. The first-order valence-corrected chi connectivity index (χ1v) is 6.66. The molecule has 6 heteroatoms. The Labute approximate surface area is 104 Å². The summed E-state index contributed by atoms with van der Waals surface area (Å²) >= 11 is 1.43. The largest absolute Gasteiger partial charge is 0.381 e. The highest BCUT2D eigenvalue weighted by Crippen LogP contribution is 2.15. The van der Waals surface area contributed by atoms with Gasteiger partial charge in [-0.1, -0.05) is 0 Å². The predicted octanol–water partition coefficient (Wildman–Crippen LogP) is 0.811. The zero-order valence-corrected chi connectivity index (χ0v) is 10.5. The number of nitrogens with zero attached hydrogens (tertiary/aromatic N) is 1. The van der Waals surface area contributed by atoms with Crippen LogP contribution in [0.1, 0.15) is 18.5 Å². The molecule has 17 heavy (non-hydrogen) atoms. The van der Waals surface area contributed by atoms with E-state index in [2.05, 4.69) is 10.3 Å². The number of hydrogen-bond acceptors (Lipinski definition) is 5. The fraction of sp³-hybridized carbons (Fsp3) is 0.636. The van der Waals surface area contributed by atoms with Gasteiger partial charge in [0, 0.05) is 38.0 Å². The van der Waals surface area contributed by atoms with Gasteiger partial charge >= 0.3 is 0 Å². The third-order valence-electron chi connectivity index (χ3n) is 2.77. The van der Waals surface area contributed by atoms with Gasteiger partial charge in [0.25, 0.3) is 0 Å². The van der Waals surface area contributed by atoms with Crippen LogP contribution in [0.3, 0.4) is 0 Å². The molecule has 0 aromatic carbocycles. The van der Waals surface area contributed by atoms with E-state index >= 15 is 0 Å². The van der Waals surface area contributed by atoms with Gasteiger partial charge in [-0.3, -0.25) is 4.79 Å². The number of amides is 1. The Hall–Kier alpha value is -1.14. The minimum absolute atomic E-state index is 0.101. The Bertz CT molecular complexity index is 375. The summed E-state index contributed by atoms with van der Waals surface area (Å²) in [7, 11) is 0. The summed E-state index contributed by atoms with van der Waals surface area (Å²) in [5.74, 6) is 0.494. The fourth-order valence-electron chi connectivity index (χ4n) is 1.85. The zero-order chi connectivity index (χ0) is 12.1. The van der Waals surface area contributed by atoms with Crippen LogP contribution >= 0.6 is 11.3 Å². The summed E-state index contributed by atoms with van der Waals surface area (Å²) < 4.78 is 5.23. The van der Waals surface area contributed by atoms with E-state index in [4.69, 9.17) is 10.5 Å². The maximum absolute atomic E-state index is 11.6. The van der Waals surface area contributed by atoms with Gasteiger partial charge in [0.1, 0.15) is 0 Å². The summed E-state index contributed by atoms with van der Waals surface area (Å²) in [6, 6.07) is 0. The molecule has 94 valence electrons. The number of rotatable bonds is 5. The van der Waals surface area contributed by atoms with Crippen LogP contribution in [0.15, 0.2) is 5.38 Å². The molecule has 1 aromatic heterocycles. The average Bonchev–Trinajstić information content (AvgIpc) is 2.90. The lowest BCUT2D eigenvalue weighted by molar-refractivity contribution is -0.122. The summed E-state index contributed by atoms with van der Waals surface area (Å²) in [6.45, 7) is 2.13. The maximum atomic E-state index is 11.6. The number of nitrogen functional groups attached to an aromatic ring is 1. The monoisotopic (exact) mass is 255 g/mol. The van der Waals surface area contributed by atoms with Crippen molar-refractivity contribution in [2.75, 3.05) is 25.5 Å². The Morgan fingerprint density at radius 2 is 2.59 bits per heavy atom. The van der Waals surface area contributed by atoms with E-state index in [1.165, 1.54) is 11.3 Å². The molecular weight excluding hydrogens is 238 g/mol. The molecule has 1 aliphatic heterocycles. The molecule has 3 N–H and O–H groups in total. The SMILES string of the molecule is Nc1nc(CCNC(=O)C[C@@H]2CCOC2)cs1. The fourth-order valence-corrected chi connectivity index (χ4v) is 2.44. The van der Waals surface area contributed by atoms with Crippen LogP contribution in [0.25, 0.3) is 0 Å². The predicted molar refractivity (Wildman–Crippen MR) is 66.8 cm³/mol. The Balaban J connectivity index is 1.62. The Morgan fingerprint density at radius 1 is 1.71 bits per heavy atom. The van der Waals surface area contributed by atoms with Gasteiger partial charge < -0.3 is 15.8 Å². The summed E-state index contributed by atoms with van der Waals surface area (Å²) in [5.41, 5.74) is 6.47. The van der Waals surface area contributed by atoms with E-state index in [9.17, 15) is 4.79 Å². The number of hydrogen-bond donors (Lipinski definition) is 2. The second-order valence-electron chi connectivity index (χ2n) is 4.21. The number of nitrogens with two attached hydrogens (primary N) is 1. The smallest absolute Gasteiger partial charge is 0.220 e. The van der Waals surface area contributed by atoms with E-state index in [1.54, 1.807) is 0 Å². The minimum atomic E-state index is 0.101. The van der Waals surface area contributed by atoms with Crippen LogP contribution in [0, 0.1) is 5.92 Å². The molecule has 1 saturated heterocycles. The molecule has 0 radical (unpaired) electrons. The van der Waals surface area contributed by atoms with E-state index in [-0.39, 0.29) is 5.91 Å². The molecule has 1 amide bonds. The van der Waals surface area contributed by atoms with Crippen LogP contribution in [0.5, 0.6) is 0 Å². The average molecular weight is 255 g/mol. The van der Waals surface area contributed by atoms with Gasteiger partial charge in [0.15, 0.2) is 5.13 Å². The summed E-state index contributed by atoms with van der Waals surface area (Å²) in [4.78, 5) is 15.7. The lowest BCUT2D eigenvalue weighted by Crippen LogP contribution is -2.27. The van der Waals surface area contributed by atoms with Crippen molar-refractivity contribution in [1.29, 1.82) is 0 Å². The quantitative estimate of drug-likeness (QED) is 0.816. The van der Waals surface area contributed by atoms with Crippen LogP contribution in [-0.4, -0.2) is 30.6 Å². The van der Waals surface area contributed by atoms with Gasteiger partial charge in [-0.2, -0.15) is 0 Å². The van der Waals surface area contributed by atoms with Crippen molar-refractivity contribution in [3.05, 3.63) is 11.1 Å². The minimum Gasteiger partial charge on any atom is -0.381 e. The van der Waals surface area contributed by atoms with Gasteiger partial charge in [0.2, 0.25) is 5.91 Å². The molecule has 0 aliphatic carbocycles. The van der Waals surface area contributed by atoms with Crippen molar-refractivity contribution in [2.24, 2.45) is 5.92 Å². The van der Waals surface area contributed by atoms with Crippen molar-refractivity contribution >= 4 is 22.4 Å². The molecule has 0 spiro atoms. The maximum Gasteiger partial charge on any atom is 0.220 e. The number of ether oxygens (including phenoxy) is 1. The molecule has 0 saturated carbocycles. The van der Waals surface area contributed by atoms with E-state index in [0.717, 1.165) is 31.7 Å². The molecule has 1 aromatic rings. The molecule has 1 atom stereocenters. The van der Waals surface area contributed by atoms with E-state index in [1.807, 2.05) is 5.38 Å². The topological polar surface area (TPSA) is 77.2 Å². The number of carbonyl (C=O) groups is 1. The van der Waals surface area contributed by atoms with E-state index in [0.29, 0.717) is 24.0 Å². The van der Waals surface area contributed by atoms with Crippen molar-refractivity contribution in [3.8, 4) is 0 Å². The number of nitrogens with one attached hydrogen (secondary N) is 1. The standard InChI is InChI=1S/C11H17N3O2S/c12-11-14-9(7-17-11)1-3-13-10(15)5-8-2-4-16-6-8/h7-8H,1-6H2,(H2,12,14)(H,13,15)/t8-/m0/s1. The molecule has 1 fully saturated rings. The van der Waals surface area contributed by atoms with E-state index < -0.39 is 0 Å². The first-order chi connectivity index (χ1) is 8.24. The number of anilines is 1. The first kappa shape index (κ1) is 12.3. The Kier molecular flexibility index (Phi) is 4.33. The van der Waals surface area contributed by atoms with Crippen molar-refractivity contribution in [3.63, 3.8) is 0 Å². The first-order valence-electron chi connectivity index (χ1n) is 5.78. The molecule has 5 nitrogen and oxygen atoms in total. The molecule has 1 aliphatic rings. The summed E-state index contributed by atoms with van der Waals surface area (Å²) in [5, 5.41) is 5.40. The van der Waals surface area contributed by atoms with Gasteiger partial charge in [-0.15, -0.1) is 11.3 Å². The second kappa shape index (κ2) is 5.97. The summed E-state index contributed by atoms with van der Waals surface area (Å²) in [6.07, 6.45) is 2.30. The lowest BCUT2D eigenvalue weighted by Gasteiger charge is -2.07. The van der Waals surface area contributed by atoms with Crippen LogP contribution in [0.4, 0.5) is 5.13 Å². The molecule has 0 bridgehead atoms.